The van der Waals surface area contributed by atoms with Crippen LogP contribution >= 0.6 is 22.4 Å². The largest absolute Gasteiger partial charge is 0.302 e. The Balaban J connectivity index is 2.89. The van der Waals surface area contributed by atoms with Gasteiger partial charge in [0.25, 0.3) is 0 Å². The Kier molecular flexibility index (Phi) is 4.89. The van der Waals surface area contributed by atoms with Gasteiger partial charge < -0.3 is 0 Å². The van der Waals surface area contributed by atoms with E-state index in [4.69, 9.17) is 15.9 Å². The monoisotopic (exact) mass is 307 g/mol. The summed E-state index contributed by atoms with van der Waals surface area (Å²) in [6.45, 7) is 0. The minimum absolute atomic E-state index is 0.0472. The van der Waals surface area contributed by atoms with Gasteiger partial charge in [-0.3, -0.25) is 10.1 Å². The Labute approximate surface area is 111 Å². The molecule has 1 heterocycles. The fraction of sp³-hybridized carbons (Fsp3) is 0.250. The third kappa shape index (κ3) is 4.48. The number of aromatic nitrogens is 1. The average Bonchev–Trinajstić information content (AvgIpc) is 2.27. The molecule has 0 saturated heterocycles. The molecule has 0 fully saturated rings. The molecule has 96 valence electrons. The third-order valence-corrected chi connectivity index (χ3v) is 4.13. The highest BCUT2D eigenvalue weighted by atomic mass is 35.7. The van der Waals surface area contributed by atoms with Crippen molar-refractivity contribution in [2.45, 2.75) is 5.03 Å². The molecule has 1 rings (SSSR count). The second kappa shape index (κ2) is 5.99. The summed E-state index contributed by atoms with van der Waals surface area (Å²) in [4.78, 5) is 13.8. The lowest BCUT2D eigenvalue weighted by atomic mass is 10.3. The summed E-state index contributed by atoms with van der Waals surface area (Å²) in [5.41, 5.74) is -0.262. The third-order valence-electron chi connectivity index (χ3n) is 1.72. The average molecular weight is 308 g/mol. The van der Waals surface area contributed by atoms with Crippen LogP contribution in [-0.4, -0.2) is 29.8 Å². The summed E-state index contributed by atoms with van der Waals surface area (Å²) in [7, 11) is 1.37. The highest BCUT2D eigenvalue weighted by molar-refractivity contribution is 8.14. The van der Waals surface area contributed by atoms with Crippen molar-refractivity contribution in [2.24, 2.45) is 0 Å². The number of nitriles is 1. The Hall–Kier alpha value is -1.37. The maximum atomic E-state index is 10.7. The van der Waals surface area contributed by atoms with Gasteiger partial charge in [-0.2, -0.15) is 5.26 Å². The van der Waals surface area contributed by atoms with Gasteiger partial charge in [0.15, 0.2) is 5.03 Å². The summed E-state index contributed by atoms with van der Waals surface area (Å²) in [6.07, 6.45) is 1.19. The van der Waals surface area contributed by atoms with Crippen LogP contribution in [0.4, 0.5) is 5.69 Å². The maximum absolute atomic E-state index is 10.7. The zero-order valence-corrected chi connectivity index (χ0v) is 11.1. The number of nitrogens with zero attached hydrogens (tertiary/aromatic N) is 3. The Bertz CT molecular complexity index is 611. The van der Waals surface area contributed by atoms with E-state index in [1.54, 1.807) is 6.07 Å². The van der Waals surface area contributed by atoms with Crippen molar-refractivity contribution in [2.75, 3.05) is 11.5 Å². The minimum atomic E-state index is -3.64. The normalized spacial score (nSPS) is 10.9. The van der Waals surface area contributed by atoms with Crippen molar-refractivity contribution in [1.29, 1.82) is 5.26 Å². The fourth-order valence-corrected chi connectivity index (χ4v) is 3.28. The van der Waals surface area contributed by atoms with Gasteiger partial charge in [0.1, 0.15) is 6.07 Å². The number of hydrogen-bond acceptors (Lipinski definition) is 7. The molecule has 0 aromatic carbocycles. The van der Waals surface area contributed by atoms with Crippen LogP contribution < -0.4 is 0 Å². The summed E-state index contributed by atoms with van der Waals surface area (Å²) in [5, 5.41) is 19.4. The molecule has 7 nitrogen and oxygen atoms in total. The van der Waals surface area contributed by atoms with E-state index in [1.807, 2.05) is 0 Å². The van der Waals surface area contributed by atoms with Crippen molar-refractivity contribution in [3.05, 3.63) is 27.9 Å². The molecule has 1 aromatic heterocycles. The van der Waals surface area contributed by atoms with Gasteiger partial charge in [0.2, 0.25) is 9.05 Å². The van der Waals surface area contributed by atoms with E-state index in [9.17, 15) is 18.5 Å². The molecule has 0 radical (unpaired) electrons. The summed E-state index contributed by atoms with van der Waals surface area (Å²) >= 11 is 0.896. The van der Waals surface area contributed by atoms with Gasteiger partial charge in [-0.25, -0.2) is 13.4 Å². The predicted molar refractivity (Wildman–Crippen MR) is 66.0 cm³/mol. The quantitative estimate of drug-likeness (QED) is 0.350. The van der Waals surface area contributed by atoms with Crippen LogP contribution in [0, 0.1) is 21.4 Å². The van der Waals surface area contributed by atoms with Crippen molar-refractivity contribution in [3.8, 4) is 6.07 Å². The molecule has 0 bridgehead atoms. The Morgan fingerprint density at radius 2 is 2.28 bits per heavy atom. The second-order valence-electron chi connectivity index (χ2n) is 3.01. The molecule has 0 aliphatic carbocycles. The van der Waals surface area contributed by atoms with E-state index >= 15 is 0 Å². The van der Waals surface area contributed by atoms with E-state index in [2.05, 4.69) is 4.98 Å². The van der Waals surface area contributed by atoms with Crippen molar-refractivity contribution >= 4 is 37.2 Å². The van der Waals surface area contributed by atoms with Crippen LogP contribution in [0.5, 0.6) is 0 Å². The lowest BCUT2D eigenvalue weighted by Gasteiger charge is -2.01. The van der Waals surface area contributed by atoms with Crippen LogP contribution in [0.1, 0.15) is 5.56 Å². The lowest BCUT2D eigenvalue weighted by Crippen LogP contribution is -2.01. The van der Waals surface area contributed by atoms with Crippen molar-refractivity contribution in [3.63, 3.8) is 0 Å². The highest BCUT2D eigenvalue weighted by Gasteiger charge is 2.17. The standard InChI is InChI=1S/C8H6ClN3O4S2/c9-18(15,16)2-1-17-8-7(12(13)14)3-6(4-10)5-11-8/h3,5H,1-2H2. The van der Waals surface area contributed by atoms with Gasteiger partial charge in [-0.05, 0) is 0 Å². The number of hydrogen-bond donors (Lipinski definition) is 0. The fourth-order valence-electron chi connectivity index (χ4n) is 0.982. The first-order chi connectivity index (χ1) is 8.33. The summed E-state index contributed by atoms with van der Waals surface area (Å²) < 4.78 is 21.4. The van der Waals surface area contributed by atoms with Crippen LogP contribution in [-0.2, 0) is 9.05 Å². The van der Waals surface area contributed by atoms with Crippen LogP contribution in [0.25, 0.3) is 0 Å². The van der Waals surface area contributed by atoms with Gasteiger partial charge in [-0.15, -0.1) is 0 Å². The van der Waals surface area contributed by atoms with E-state index in [0.29, 0.717) is 0 Å². The first-order valence-corrected chi connectivity index (χ1v) is 7.89. The molecule has 0 aliphatic rings. The first kappa shape index (κ1) is 14.7. The summed E-state index contributed by atoms with van der Waals surface area (Å²) in [5.74, 6) is -0.274. The Morgan fingerprint density at radius 1 is 1.61 bits per heavy atom. The first-order valence-electron chi connectivity index (χ1n) is 4.43. The maximum Gasteiger partial charge on any atom is 0.302 e. The van der Waals surface area contributed by atoms with Gasteiger partial charge in [0, 0.05) is 28.7 Å². The molecule has 0 N–H and O–H groups in total. The number of pyridine rings is 1. The van der Waals surface area contributed by atoms with Gasteiger partial charge in [-0.1, -0.05) is 11.8 Å². The Morgan fingerprint density at radius 3 is 2.78 bits per heavy atom. The molecular formula is C8H6ClN3O4S2. The molecule has 0 aliphatic heterocycles. The molecule has 0 amide bonds. The van der Waals surface area contributed by atoms with E-state index in [-0.39, 0.29) is 27.8 Å². The predicted octanol–water partition coefficient (Wildman–Crippen LogP) is 1.52. The highest BCUT2D eigenvalue weighted by Crippen LogP contribution is 2.27. The van der Waals surface area contributed by atoms with Crippen LogP contribution in [0.15, 0.2) is 17.3 Å². The van der Waals surface area contributed by atoms with Crippen molar-refractivity contribution in [1.82, 2.24) is 4.98 Å². The molecule has 0 atom stereocenters. The molecule has 1 aromatic rings. The van der Waals surface area contributed by atoms with Gasteiger partial charge in [0.05, 0.1) is 16.2 Å². The van der Waals surface area contributed by atoms with E-state index in [1.165, 1.54) is 6.20 Å². The van der Waals surface area contributed by atoms with E-state index in [0.717, 1.165) is 17.8 Å². The SMILES string of the molecule is N#Cc1cnc(SCCS(=O)(=O)Cl)c([N+](=O)[O-])c1. The summed E-state index contributed by atoms with van der Waals surface area (Å²) in [6, 6.07) is 2.82. The molecule has 18 heavy (non-hydrogen) atoms. The molecule has 0 unspecified atom stereocenters. The zero-order chi connectivity index (χ0) is 13.8. The lowest BCUT2D eigenvalue weighted by molar-refractivity contribution is -0.388. The van der Waals surface area contributed by atoms with Crippen LogP contribution in [0.3, 0.4) is 0 Å². The molecule has 0 saturated carbocycles. The number of thioether (sulfide) groups is 1. The zero-order valence-electron chi connectivity index (χ0n) is 8.74. The number of rotatable bonds is 5. The smallest absolute Gasteiger partial charge is 0.258 e. The molecule has 0 spiro atoms. The molecular weight excluding hydrogens is 302 g/mol. The van der Waals surface area contributed by atoms with Gasteiger partial charge >= 0.3 is 5.69 Å². The molecule has 10 heteroatoms. The number of halogens is 1. The second-order valence-corrected chi connectivity index (χ2v) is 6.99. The van der Waals surface area contributed by atoms with E-state index < -0.39 is 14.0 Å². The van der Waals surface area contributed by atoms with Crippen LogP contribution in [0.2, 0.25) is 0 Å². The topological polar surface area (TPSA) is 114 Å². The minimum Gasteiger partial charge on any atom is -0.258 e. The van der Waals surface area contributed by atoms with Crippen molar-refractivity contribution < 1.29 is 13.3 Å². The number of nitro groups is 1.